The number of ether oxygens (including phenoxy) is 1. The Balaban J connectivity index is 1.86. The number of aromatic nitrogens is 1. The third-order valence-corrected chi connectivity index (χ3v) is 3.23. The second kappa shape index (κ2) is 7.08. The molecule has 4 heteroatoms. The van der Waals surface area contributed by atoms with Crippen molar-refractivity contribution in [2.75, 3.05) is 0 Å². The molecule has 0 fully saturated rings. The predicted octanol–water partition coefficient (Wildman–Crippen LogP) is 2.84. The molecule has 0 unspecified atom stereocenters. The van der Waals surface area contributed by atoms with Gasteiger partial charge in [0.25, 0.3) is 0 Å². The van der Waals surface area contributed by atoms with E-state index < -0.39 is 0 Å². The van der Waals surface area contributed by atoms with Gasteiger partial charge in [-0.05, 0) is 38.7 Å². The van der Waals surface area contributed by atoms with Crippen LogP contribution in [0.15, 0.2) is 30.5 Å². The van der Waals surface area contributed by atoms with E-state index in [0.717, 1.165) is 18.4 Å². The fourth-order valence-electron chi connectivity index (χ4n) is 2.26. The molecule has 0 aliphatic heterocycles. The zero-order valence-electron chi connectivity index (χ0n) is 12.1. The molecule has 1 N–H and O–H groups in total. The van der Waals surface area contributed by atoms with Gasteiger partial charge in [-0.15, -0.1) is 0 Å². The lowest BCUT2D eigenvalue weighted by molar-refractivity contribution is -0.121. The maximum Gasteiger partial charge on any atom is 0.220 e. The van der Waals surface area contributed by atoms with Crippen molar-refractivity contribution >= 4 is 5.91 Å². The van der Waals surface area contributed by atoms with Crippen LogP contribution in [0.5, 0.6) is 5.88 Å². The van der Waals surface area contributed by atoms with E-state index in [0.29, 0.717) is 24.8 Å². The van der Waals surface area contributed by atoms with Crippen molar-refractivity contribution in [3.05, 3.63) is 36.0 Å². The minimum atomic E-state index is 0.0722. The van der Waals surface area contributed by atoms with Crippen molar-refractivity contribution in [3.8, 4) is 5.88 Å². The molecular formula is C16H22N2O2. The van der Waals surface area contributed by atoms with Crippen LogP contribution in [0.1, 0.15) is 38.7 Å². The molecule has 0 aromatic carbocycles. The highest BCUT2D eigenvalue weighted by atomic mass is 16.5. The summed E-state index contributed by atoms with van der Waals surface area (Å²) in [6.07, 6.45) is 8.80. The van der Waals surface area contributed by atoms with Crippen LogP contribution < -0.4 is 10.1 Å². The standard InChI is InChI=1S/C16H22N2O2/c1-12(2)20-16-14(8-5-9-17-16)11-18-15(19)10-13-6-3-4-7-13/h3,5-6,8-9,12-13H,4,7,10-11H2,1-2H3,(H,18,19)/t13-/m0/s1. The lowest BCUT2D eigenvalue weighted by Gasteiger charge is -2.14. The fraction of sp³-hybridized carbons (Fsp3) is 0.500. The highest BCUT2D eigenvalue weighted by Gasteiger charge is 2.14. The van der Waals surface area contributed by atoms with Gasteiger partial charge in [0, 0.05) is 24.7 Å². The molecule has 1 aromatic heterocycles. The predicted molar refractivity (Wildman–Crippen MR) is 78.3 cm³/mol. The number of amides is 1. The van der Waals surface area contributed by atoms with E-state index >= 15 is 0 Å². The largest absolute Gasteiger partial charge is 0.475 e. The first kappa shape index (κ1) is 14.6. The van der Waals surface area contributed by atoms with Crippen LogP contribution >= 0.6 is 0 Å². The number of hydrogen-bond acceptors (Lipinski definition) is 3. The van der Waals surface area contributed by atoms with Crippen LogP contribution in [-0.2, 0) is 11.3 Å². The van der Waals surface area contributed by atoms with Crippen LogP contribution in [0.4, 0.5) is 0 Å². The summed E-state index contributed by atoms with van der Waals surface area (Å²) in [6.45, 7) is 4.39. The fourth-order valence-corrected chi connectivity index (χ4v) is 2.26. The first-order valence-corrected chi connectivity index (χ1v) is 7.19. The van der Waals surface area contributed by atoms with Gasteiger partial charge in [0.15, 0.2) is 0 Å². The summed E-state index contributed by atoms with van der Waals surface area (Å²) >= 11 is 0. The van der Waals surface area contributed by atoms with Crippen molar-refractivity contribution in [2.24, 2.45) is 5.92 Å². The van der Waals surface area contributed by atoms with Crippen LogP contribution in [-0.4, -0.2) is 17.0 Å². The van der Waals surface area contributed by atoms with Gasteiger partial charge in [0.05, 0.1) is 6.10 Å². The van der Waals surface area contributed by atoms with E-state index in [1.807, 2.05) is 26.0 Å². The summed E-state index contributed by atoms with van der Waals surface area (Å²) in [7, 11) is 0. The van der Waals surface area contributed by atoms with Crippen LogP contribution in [0.25, 0.3) is 0 Å². The molecule has 1 heterocycles. The van der Waals surface area contributed by atoms with Gasteiger partial charge in [-0.1, -0.05) is 18.2 Å². The minimum Gasteiger partial charge on any atom is -0.475 e. The van der Waals surface area contributed by atoms with Gasteiger partial charge >= 0.3 is 0 Å². The summed E-state index contributed by atoms with van der Waals surface area (Å²) < 4.78 is 5.64. The highest BCUT2D eigenvalue weighted by Crippen LogP contribution is 2.20. The van der Waals surface area contributed by atoms with Crippen molar-refractivity contribution in [1.82, 2.24) is 10.3 Å². The van der Waals surface area contributed by atoms with Gasteiger partial charge in [-0.2, -0.15) is 0 Å². The third-order valence-electron chi connectivity index (χ3n) is 3.23. The van der Waals surface area contributed by atoms with E-state index in [2.05, 4.69) is 22.5 Å². The number of allylic oxidation sites excluding steroid dienone is 2. The molecule has 1 aliphatic rings. The van der Waals surface area contributed by atoms with E-state index in [1.165, 1.54) is 0 Å². The minimum absolute atomic E-state index is 0.0722. The number of carbonyl (C=O) groups is 1. The quantitative estimate of drug-likeness (QED) is 0.812. The molecule has 1 amide bonds. The van der Waals surface area contributed by atoms with Crippen LogP contribution in [0.3, 0.4) is 0 Å². The van der Waals surface area contributed by atoms with Gasteiger partial charge < -0.3 is 10.1 Å². The molecule has 0 radical (unpaired) electrons. The SMILES string of the molecule is CC(C)Oc1ncccc1CNC(=O)C[C@H]1C=CCC1. The summed E-state index contributed by atoms with van der Waals surface area (Å²) in [5.74, 6) is 1.08. The Bertz CT molecular complexity index is 483. The topological polar surface area (TPSA) is 51.2 Å². The van der Waals surface area contributed by atoms with E-state index in [1.54, 1.807) is 6.20 Å². The van der Waals surface area contributed by atoms with Crippen LogP contribution in [0, 0.1) is 5.92 Å². The normalized spacial score (nSPS) is 17.4. The molecule has 20 heavy (non-hydrogen) atoms. The first-order valence-electron chi connectivity index (χ1n) is 7.19. The van der Waals surface area contributed by atoms with Gasteiger partial charge in [0.2, 0.25) is 11.8 Å². The van der Waals surface area contributed by atoms with Gasteiger partial charge in [0.1, 0.15) is 0 Å². The lowest BCUT2D eigenvalue weighted by atomic mass is 10.1. The molecule has 0 bridgehead atoms. The Morgan fingerprint density at radius 1 is 1.55 bits per heavy atom. The number of nitrogens with zero attached hydrogens (tertiary/aromatic N) is 1. The molecule has 0 saturated carbocycles. The zero-order chi connectivity index (χ0) is 14.4. The Kier molecular flexibility index (Phi) is 5.16. The van der Waals surface area contributed by atoms with Crippen molar-refractivity contribution in [3.63, 3.8) is 0 Å². The second-order valence-electron chi connectivity index (χ2n) is 5.38. The molecule has 1 atom stereocenters. The highest BCUT2D eigenvalue weighted by molar-refractivity contribution is 5.76. The van der Waals surface area contributed by atoms with E-state index in [4.69, 9.17) is 4.74 Å². The number of nitrogens with one attached hydrogen (secondary N) is 1. The molecule has 0 spiro atoms. The number of pyridine rings is 1. The summed E-state index contributed by atoms with van der Waals surface area (Å²) in [5.41, 5.74) is 0.913. The van der Waals surface area contributed by atoms with Crippen LogP contribution in [0.2, 0.25) is 0 Å². The van der Waals surface area contributed by atoms with Crippen molar-refractivity contribution in [1.29, 1.82) is 0 Å². The Hall–Kier alpha value is -1.84. The third kappa shape index (κ3) is 4.37. The van der Waals surface area contributed by atoms with Crippen molar-refractivity contribution in [2.45, 2.75) is 45.8 Å². The summed E-state index contributed by atoms with van der Waals surface area (Å²) in [5, 5.41) is 2.95. The first-order chi connectivity index (χ1) is 9.65. The molecule has 1 aromatic rings. The van der Waals surface area contributed by atoms with E-state index in [9.17, 15) is 4.79 Å². The summed E-state index contributed by atoms with van der Waals surface area (Å²) in [6, 6.07) is 3.79. The maximum absolute atomic E-state index is 11.9. The second-order valence-corrected chi connectivity index (χ2v) is 5.38. The monoisotopic (exact) mass is 274 g/mol. The lowest BCUT2D eigenvalue weighted by Crippen LogP contribution is -2.25. The maximum atomic E-state index is 11.9. The average Bonchev–Trinajstić information content (AvgIpc) is 2.90. The molecular weight excluding hydrogens is 252 g/mol. The van der Waals surface area contributed by atoms with Gasteiger partial charge in [-0.25, -0.2) is 4.98 Å². The number of rotatable bonds is 6. The number of hydrogen-bond donors (Lipinski definition) is 1. The molecule has 1 aliphatic carbocycles. The Morgan fingerprint density at radius 3 is 3.10 bits per heavy atom. The van der Waals surface area contributed by atoms with Gasteiger partial charge in [-0.3, -0.25) is 4.79 Å². The van der Waals surface area contributed by atoms with E-state index in [-0.39, 0.29) is 12.0 Å². The molecule has 0 saturated heterocycles. The molecule has 2 rings (SSSR count). The van der Waals surface area contributed by atoms with Crippen molar-refractivity contribution < 1.29 is 9.53 Å². The Labute approximate surface area is 120 Å². The summed E-state index contributed by atoms with van der Waals surface area (Å²) in [4.78, 5) is 16.1. The number of carbonyl (C=O) groups excluding carboxylic acids is 1. The molecule has 108 valence electrons. The smallest absolute Gasteiger partial charge is 0.220 e. The average molecular weight is 274 g/mol. The Morgan fingerprint density at radius 2 is 2.40 bits per heavy atom. The molecule has 4 nitrogen and oxygen atoms in total. The zero-order valence-corrected chi connectivity index (χ0v) is 12.1.